The van der Waals surface area contributed by atoms with Crippen molar-refractivity contribution >= 4 is 0 Å². The van der Waals surface area contributed by atoms with Crippen LogP contribution in [0.5, 0.6) is 0 Å². The van der Waals surface area contributed by atoms with Crippen molar-refractivity contribution in [3.05, 3.63) is 0 Å². The first-order valence-corrected chi connectivity index (χ1v) is 10.7. The molecule has 23 heavy (non-hydrogen) atoms. The zero-order valence-electron chi connectivity index (χ0n) is 16.4. The lowest BCUT2D eigenvalue weighted by Gasteiger charge is -2.37. The first-order chi connectivity index (χ1) is 11.1. The highest BCUT2D eigenvalue weighted by Crippen LogP contribution is 2.41. The summed E-state index contributed by atoms with van der Waals surface area (Å²) in [7, 11) is 0. The third-order valence-electron chi connectivity index (χ3n) is 6.71. The zero-order chi connectivity index (χ0) is 16.7. The van der Waals surface area contributed by atoms with E-state index in [1.807, 2.05) is 0 Å². The van der Waals surface area contributed by atoms with Crippen LogP contribution in [0.3, 0.4) is 0 Å². The lowest BCUT2D eigenvalue weighted by molar-refractivity contribution is 0.00428. The predicted octanol–water partition coefficient (Wildman–Crippen LogP) is 6.85. The predicted molar refractivity (Wildman–Crippen MR) is 101 cm³/mol. The van der Waals surface area contributed by atoms with Gasteiger partial charge in [0, 0.05) is 6.61 Å². The molecular weight excluding hydrogens is 280 g/mol. The molecule has 0 spiro atoms. The average Bonchev–Trinajstić information content (AvgIpc) is 2.56. The van der Waals surface area contributed by atoms with Gasteiger partial charge in [-0.2, -0.15) is 0 Å². The van der Waals surface area contributed by atoms with Gasteiger partial charge in [-0.25, -0.2) is 0 Å². The van der Waals surface area contributed by atoms with E-state index in [9.17, 15) is 0 Å². The number of ether oxygens (including phenoxy) is 1. The van der Waals surface area contributed by atoms with Crippen LogP contribution in [0.25, 0.3) is 0 Å². The zero-order valence-corrected chi connectivity index (χ0v) is 16.4. The summed E-state index contributed by atoms with van der Waals surface area (Å²) in [6, 6.07) is 0. The Morgan fingerprint density at radius 1 is 0.826 bits per heavy atom. The fourth-order valence-electron chi connectivity index (χ4n) is 4.78. The summed E-state index contributed by atoms with van der Waals surface area (Å²) in [6.45, 7) is 10.4. The standard InChI is InChI=1S/C22H42O/c1-5-22(15-6-17(2)3)23-16-19-9-13-21(14-10-19)20-11-7-18(4)8-12-20/h17-22H,5-16H2,1-4H3. The normalized spacial score (nSPS) is 33.8. The molecule has 0 N–H and O–H groups in total. The lowest BCUT2D eigenvalue weighted by atomic mass is 9.69. The average molecular weight is 323 g/mol. The van der Waals surface area contributed by atoms with Crippen LogP contribution >= 0.6 is 0 Å². The Balaban J connectivity index is 1.62. The van der Waals surface area contributed by atoms with Gasteiger partial charge in [-0.1, -0.05) is 40.5 Å². The van der Waals surface area contributed by atoms with E-state index in [1.165, 1.54) is 70.6 Å². The molecule has 0 aromatic rings. The van der Waals surface area contributed by atoms with Crippen molar-refractivity contribution in [3.63, 3.8) is 0 Å². The van der Waals surface area contributed by atoms with Crippen molar-refractivity contribution in [1.29, 1.82) is 0 Å². The maximum atomic E-state index is 6.28. The molecule has 0 aromatic heterocycles. The van der Waals surface area contributed by atoms with Gasteiger partial charge in [-0.15, -0.1) is 0 Å². The van der Waals surface area contributed by atoms with Crippen LogP contribution in [0.4, 0.5) is 0 Å². The summed E-state index contributed by atoms with van der Waals surface area (Å²) in [5.74, 6) is 4.75. The molecule has 0 saturated heterocycles. The molecule has 2 fully saturated rings. The van der Waals surface area contributed by atoms with Crippen molar-refractivity contribution in [2.45, 2.75) is 104 Å². The van der Waals surface area contributed by atoms with Gasteiger partial charge < -0.3 is 4.74 Å². The molecule has 1 atom stereocenters. The fraction of sp³-hybridized carbons (Fsp3) is 1.00. The second-order valence-corrected chi connectivity index (χ2v) is 9.14. The highest BCUT2D eigenvalue weighted by atomic mass is 16.5. The van der Waals surface area contributed by atoms with Gasteiger partial charge in [0.05, 0.1) is 6.10 Å². The molecule has 1 unspecified atom stereocenters. The van der Waals surface area contributed by atoms with E-state index in [1.54, 1.807) is 0 Å². The Hall–Kier alpha value is -0.0400. The molecular formula is C22H42O. The second-order valence-electron chi connectivity index (χ2n) is 9.14. The van der Waals surface area contributed by atoms with Crippen molar-refractivity contribution < 1.29 is 4.74 Å². The summed E-state index contributed by atoms with van der Waals surface area (Å²) < 4.78 is 6.28. The van der Waals surface area contributed by atoms with E-state index in [0.717, 1.165) is 36.2 Å². The van der Waals surface area contributed by atoms with Crippen LogP contribution in [0.1, 0.15) is 98.3 Å². The highest BCUT2D eigenvalue weighted by molar-refractivity contribution is 4.81. The Morgan fingerprint density at radius 2 is 1.39 bits per heavy atom. The third-order valence-corrected chi connectivity index (χ3v) is 6.71. The van der Waals surface area contributed by atoms with Crippen molar-refractivity contribution in [3.8, 4) is 0 Å². The molecule has 2 rings (SSSR count). The molecule has 0 aromatic carbocycles. The van der Waals surface area contributed by atoms with E-state index in [0.29, 0.717) is 6.10 Å². The summed E-state index contributed by atoms with van der Waals surface area (Å²) in [6.07, 6.45) is 16.1. The van der Waals surface area contributed by atoms with Crippen LogP contribution < -0.4 is 0 Å². The van der Waals surface area contributed by atoms with Crippen LogP contribution in [-0.4, -0.2) is 12.7 Å². The number of hydrogen-bond donors (Lipinski definition) is 0. The molecule has 2 aliphatic carbocycles. The van der Waals surface area contributed by atoms with E-state index < -0.39 is 0 Å². The summed E-state index contributed by atoms with van der Waals surface area (Å²) >= 11 is 0. The molecule has 0 amide bonds. The molecule has 0 heterocycles. The quantitative estimate of drug-likeness (QED) is 0.475. The topological polar surface area (TPSA) is 9.23 Å². The van der Waals surface area contributed by atoms with Gasteiger partial charge in [0.2, 0.25) is 0 Å². The van der Waals surface area contributed by atoms with Gasteiger partial charge in [0.15, 0.2) is 0 Å². The Bertz CT molecular complexity index is 295. The summed E-state index contributed by atoms with van der Waals surface area (Å²) in [5, 5.41) is 0. The second kappa shape index (κ2) is 10.1. The van der Waals surface area contributed by atoms with E-state index in [2.05, 4.69) is 27.7 Å². The van der Waals surface area contributed by atoms with E-state index in [-0.39, 0.29) is 0 Å². The molecule has 0 radical (unpaired) electrons. The first kappa shape index (κ1) is 19.3. The van der Waals surface area contributed by atoms with Crippen molar-refractivity contribution in [2.24, 2.45) is 29.6 Å². The Labute approximate surface area is 146 Å². The maximum absolute atomic E-state index is 6.28. The van der Waals surface area contributed by atoms with Crippen LogP contribution in [0, 0.1) is 29.6 Å². The molecule has 1 heteroatoms. The largest absolute Gasteiger partial charge is 0.378 e. The SMILES string of the molecule is CCC(CCC(C)C)OCC1CCC(C2CCC(C)CC2)CC1. The molecule has 0 aliphatic heterocycles. The van der Waals surface area contributed by atoms with Gasteiger partial charge in [-0.3, -0.25) is 0 Å². The Kier molecular flexibility index (Phi) is 8.44. The monoisotopic (exact) mass is 322 g/mol. The van der Waals surface area contributed by atoms with Gasteiger partial charge >= 0.3 is 0 Å². The molecule has 0 bridgehead atoms. The molecule has 1 nitrogen and oxygen atoms in total. The fourth-order valence-corrected chi connectivity index (χ4v) is 4.78. The van der Waals surface area contributed by atoms with E-state index >= 15 is 0 Å². The van der Waals surface area contributed by atoms with Gasteiger partial charge in [-0.05, 0) is 87.4 Å². The van der Waals surface area contributed by atoms with Gasteiger partial charge in [0.1, 0.15) is 0 Å². The highest BCUT2D eigenvalue weighted by Gasteiger charge is 2.30. The van der Waals surface area contributed by atoms with Crippen LogP contribution in [0.15, 0.2) is 0 Å². The maximum Gasteiger partial charge on any atom is 0.0572 e. The minimum Gasteiger partial charge on any atom is -0.378 e. The molecule has 136 valence electrons. The minimum absolute atomic E-state index is 0.509. The van der Waals surface area contributed by atoms with Crippen LogP contribution in [0.2, 0.25) is 0 Å². The summed E-state index contributed by atoms with van der Waals surface area (Å²) in [4.78, 5) is 0. The van der Waals surface area contributed by atoms with E-state index in [4.69, 9.17) is 4.74 Å². The molecule has 2 aliphatic rings. The lowest BCUT2D eigenvalue weighted by Crippen LogP contribution is -2.27. The Morgan fingerprint density at radius 3 is 1.91 bits per heavy atom. The third kappa shape index (κ3) is 6.77. The smallest absolute Gasteiger partial charge is 0.0572 e. The summed E-state index contributed by atoms with van der Waals surface area (Å²) in [5.41, 5.74) is 0. The first-order valence-electron chi connectivity index (χ1n) is 10.7. The number of hydrogen-bond acceptors (Lipinski definition) is 1. The minimum atomic E-state index is 0.509. The van der Waals surface area contributed by atoms with Gasteiger partial charge in [0.25, 0.3) is 0 Å². The van der Waals surface area contributed by atoms with Crippen molar-refractivity contribution in [1.82, 2.24) is 0 Å². The molecule has 2 saturated carbocycles. The number of rotatable bonds is 8. The van der Waals surface area contributed by atoms with Crippen molar-refractivity contribution in [2.75, 3.05) is 6.61 Å². The van der Waals surface area contributed by atoms with Crippen LogP contribution in [-0.2, 0) is 4.74 Å².